The van der Waals surface area contributed by atoms with Crippen LogP contribution in [0.2, 0.25) is 5.02 Å². The molecular formula is C24H27ClN4O5. The third-order valence-electron chi connectivity index (χ3n) is 5.45. The van der Waals surface area contributed by atoms with Crippen molar-refractivity contribution in [3.63, 3.8) is 0 Å². The van der Waals surface area contributed by atoms with E-state index in [1.807, 2.05) is 48.5 Å². The van der Waals surface area contributed by atoms with Crippen molar-refractivity contribution >= 4 is 23.5 Å². The van der Waals surface area contributed by atoms with Crippen LogP contribution in [0.4, 0.5) is 0 Å². The Labute approximate surface area is 202 Å². The number of hydrogen-bond donors (Lipinski definition) is 4. The number of aliphatic carboxylic acids is 1. The van der Waals surface area contributed by atoms with Gasteiger partial charge in [-0.15, -0.1) is 5.10 Å². The standard InChI is InChI=1S/C24H27ClN4O5/c1-24(23(32)33,15-34-10-9-30)13-20(27-22(31)21-14-26-29-28-21)11-16-5-7-17(8-6-16)18-3-2-4-19(25)12-18/h2-8,12,14,20,30H,9-11,13,15H2,1H3,(H,27,31)(H,32,33)(H,26,28,29)/t20-,24+/m1/s1. The van der Waals surface area contributed by atoms with Crippen LogP contribution in [0.3, 0.4) is 0 Å². The molecule has 10 heteroatoms. The van der Waals surface area contributed by atoms with Gasteiger partial charge in [-0.05, 0) is 48.6 Å². The molecule has 0 aliphatic rings. The van der Waals surface area contributed by atoms with Gasteiger partial charge in [0.25, 0.3) is 5.91 Å². The second-order valence-corrected chi connectivity index (χ2v) is 8.72. The maximum atomic E-state index is 12.6. The molecule has 4 N–H and O–H groups in total. The number of aliphatic hydroxyl groups excluding tert-OH is 1. The predicted octanol–water partition coefficient (Wildman–Crippen LogP) is 2.96. The van der Waals surface area contributed by atoms with E-state index in [1.165, 1.54) is 6.20 Å². The van der Waals surface area contributed by atoms with Crippen LogP contribution in [0.5, 0.6) is 0 Å². The van der Waals surface area contributed by atoms with Crippen LogP contribution < -0.4 is 5.32 Å². The minimum atomic E-state index is -1.28. The molecule has 9 nitrogen and oxygen atoms in total. The summed E-state index contributed by atoms with van der Waals surface area (Å²) in [7, 11) is 0. The quantitative estimate of drug-likeness (QED) is 0.289. The average molecular weight is 487 g/mol. The van der Waals surface area contributed by atoms with Gasteiger partial charge in [-0.1, -0.05) is 53.2 Å². The molecule has 0 aliphatic carbocycles. The third-order valence-corrected chi connectivity index (χ3v) is 5.68. The Bertz CT molecular complexity index is 1090. The maximum Gasteiger partial charge on any atom is 0.311 e. The molecule has 0 saturated heterocycles. The van der Waals surface area contributed by atoms with E-state index < -0.39 is 23.3 Å². The lowest BCUT2D eigenvalue weighted by Crippen LogP contribution is -2.44. The molecule has 2 atom stereocenters. The molecular weight excluding hydrogens is 460 g/mol. The number of hydrogen-bond acceptors (Lipinski definition) is 6. The lowest BCUT2D eigenvalue weighted by Gasteiger charge is -2.30. The van der Waals surface area contributed by atoms with Gasteiger partial charge in [0.2, 0.25) is 0 Å². The Balaban J connectivity index is 1.79. The van der Waals surface area contributed by atoms with Gasteiger partial charge in [0, 0.05) is 11.1 Å². The van der Waals surface area contributed by atoms with Crippen LogP contribution in [0, 0.1) is 5.41 Å². The summed E-state index contributed by atoms with van der Waals surface area (Å²) in [6.07, 6.45) is 1.86. The molecule has 3 rings (SSSR count). The number of H-pyrrole nitrogens is 1. The van der Waals surface area contributed by atoms with E-state index in [4.69, 9.17) is 21.4 Å². The zero-order valence-electron chi connectivity index (χ0n) is 18.7. The van der Waals surface area contributed by atoms with E-state index in [-0.39, 0.29) is 31.9 Å². The van der Waals surface area contributed by atoms with Gasteiger partial charge < -0.3 is 20.3 Å². The van der Waals surface area contributed by atoms with E-state index in [0.29, 0.717) is 11.4 Å². The molecule has 0 unspecified atom stereocenters. The van der Waals surface area contributed by atoms with Crippen molar-refractivity contribution in [3.8, 4) is 11.1 Å². The highest BCUT2D eigenvalue weighted by Crippen LogP contribution is 2.27. The monoisotopic (exact) mass is 486 g/mol. The molecule has 1 amide bonds. The fraction of sp³-hybridized carbons (Fsp3) is 0.333. The molecule has 0 aliphatic heterocycles. The first-order valence-electron chi connectivity index (χ1n) is 10.7. The van der Waals surface area contributed by atoms with Gasteiger partial charge in [-0.3, -0.25) is 14.7 Å². The number of nitrogens with one attached hydrogen (secondary N) is 2. The molecule has 0 radical (unpaired) electrons. The second-order valence-electron chi connectivity index (χ2n) is 8.29. The number of carboxylic acid groups (broad SMARTS) is 1. The number of aliphatic hydroxyl groups is 1. The number of ether oxygens (including phenoxy) is 1. The van der Waals surface area contributed by atoms with E-state index in [9.17, 15) is 14.7 Å². The van der Waals surface area contributed by atoms with Gasteiger partial charge >= 0.3 is 5.97 Å². The Hall–Kier alpha value is -3.27. The van der Waals surface area contributed by atoms with Crippen LogP contribution in [0.25, 0.3) is 11.1 Å². The zero-order valence-corrected chi connectivity index (χ0v) is 19.5. The van der Waals surface area contributed by atoms with Crippen molar-refractivity contribution in [2.24, 2.45) is 5.41 Å². The fourth-order valence-electron chi connectivity index (χ4n) is 3.65. The largest absolute Gasteiger partial charge is 0.481 e. The number of aromatic nitrogens is 3. The number of carbonyl (C=O) groups is 2. The minimum absolute atomic E-state index is 0.0315. The molecule has 0 fully saturated rings. The van der Waals surface area contributed by atoms with Crippen LogP contribution in [-0.4, -0.2) is 63.4 Å². The molecule has 180 valence electrons. The lowest BCUT2D eigenvalue weighted by atomic mass is 9.82. The van der Waals surface area contributed by atoms with E-state index >= 15 is 0 Å². The van der Waals surface area contributed by atoms with Crippen molar-refractivity contribution in [1.82, 2.24) is 20.7 Å². The van der Waals surface area contributed by atoms with Crippen LogP contribution in [-0.2, 0) is 16.0 Å². The first-order chi connectivity index (χ1) is 16.3. The number of benzene rings is 2. The fourth-order valence-corrected chi connectivity index (χ4v) is 3.84. The van der Waals surface area contributed by atoms with Gasteiger partial charge in [-0.25, -0.2) is 0 Å². The predicted molar refractivity (Wildman–Crippen MR) is 126 cm³/mol. The molecule has 0 spiro atoms. The highest BCUT2D eigenvalue weighted by molar-refractivity contribution is 6.30. The van der Waals surface area contributed by atoms with Crippen molar-refractivity contribution in [2.45, 2.75) is 25.8 Å². The number of nitrogens with zero attached hydrogens (tertiary/aromatic N) is 2. The molecule has 0 bridgehead atoms. The number of amides is 1. The maximum absolute atomic E-state index is 12.6. The highest BCUT2D eigenvalue weighted by Gasteiger charge is 2.37. The second kappa shape index (κ2) is 11.7. The number of carbonyl (C=O) groups excluding carboxylic acids is 1. The van der Waals surface area contributed by atoms with Crippen molar-refractivity contribution in [2.75, 3.05) is 19.8 Å². The van der Waals surface area contributed by atoms with Crippen LogP contribution in [0.1, 0.15) is 29.4 Å². The van der Waals surface area contributed by atoms with Crippen molar-refractivity contribution in [1.29, 1.82) is 0 Å². The van der Waals surface area contributed by atoms with E-state index in [2.05, 4.69) is 20.7 Å². The molecule has 2 aromatic carbocycles. The van der Waals surface area contributed by atoms with Gasteiger partial charge in [0.05, 0.1) is 31.4 Å². The lowest BCUT2D eigenvalue weighted by molar-refractivity contribution is -0.153. The van der Waals surface area contributed by atoms with E-state index in [0.717, 1.165) is 16.7 Å². The number of aromatic amines is 1. The first kappa shape index (κ1) is 25.4. The molecule has 0 saturated carbocycles. The first-order valence-corrected chi connectivity index (χ1v) is 11.1. The summed E-state index contributed by atoms with van der Waals surface area (Å²) in [6.45, 7) is 1.28. The Kier molecular flexibility index (Phi) is 8.75. The third kappa shape index (κ3) is 6.86. The average Bonchev–Trinajstić information content (AvgIpc) is 3.35. The number of rotatable bonds is 12. The van der Waals surface area contributed by atoms with Crippen LogP contribution >= 0.6 is 11.6 Å². The van der Waals surface area contributed by atoms with Gasteiger partial charge in [0.15, 0.2) is 5.69 Å². The van der Waals surface area contributed by atoms with Crippen LogP contribution in [0.15, 0.2) is 54.7 Å². The Morgan fingerprint density at radius 1 is 1.21 bits per heavy atom. The molecule has 1 aromatic heterocycles. The van der Waals surface area contributed by atoms with Crippen molar-refractivity contribution in [3.05, 3.63) is 71.0 Å². The summed E-state index contributed by atoms with van der Waals surface area (Å²) in [4.78, 5) is 24.7. The van der Waals surface area contributed by atoms with Crippen molar-refractivity contribution < 1.29 is 24.5 Å². The molecule has 1 heterocycles. The summed E-state index contributed by atoms with van der Waals surface area (Å²) >= 11 is 6.09. The summed E-state index contributed by atoms with van der Waals surface area (Å²) in [6, 6.07) is 14.8. The normalized spacial score (nSPS) is 13.7. The SMILES string of the molecule is C[C@@](COCCO)(C[C@@H](Cc1ccc(-c2cccc(Cl)c2)cc1)NC(=O)c1c[nH]nn1)C(=O)O. The summed E-state index contributed by atoms with van der Waals surface area (Å²) in [5.74, 6) is -1.51. The Morgan fingerprint density at radius 3 is 2.59 bits per heavy atom. The number of carboxylic acids is 1. The summed E-state index contributed by atoms with van der Waals surface area (Å²) < 4.78 is 5.33. The minimum Gasteiger partial charge on any atom is -0.481 e. The molecule has 3 aromatic rings. The summed E-state index contributed by atoms with van der Waals surface area (Å²) in [5.41, 5.74) is 1.71. The summed E-state index contributed by atoms with van der Waals surface area (Å²) in [5, 5.41) is 32.1. The smallest absolute Gasteiger partial charge is 0.311 e. The van der Waals surface area contributed by atoms with E-state index in [1.54, 1.807) is 6.92 Å². The van der Waals surface area contributed by atoms with Gasteiger partial charge in [-0.2, -0.15) is 0 Å². The topological polar surface area (TPSA) is 137 Å². The zero-order chi connectivity index (χ0) is 24.6. The molecule has 34 heavy (non-hydrogen) atoms. The Morgan fingerprint density at radius 2 is 1.97 bits per heavy atom. The number of halogens is 1. The highest BCUT2D eigenvalue weighted by atomic mass is 35.5. The van der Waals surface area contributed by atoms with Gasteiger partial charge in [0.1, 0.15) is 0 Å².